The molecule has 6 nitrogen and oxygen atoms in total. The van der Waals surface area contributed by atoms with E-state index in [4.69, 9.17) is 9.47 Å². The zero-order valence-electron chi connectivity index (χ0n) is 13.3. The van der Waals surface area contributed by atoms with Crippen molar-refractivity contribution in [3.8, 4) is 11.5 Å². The van der Waals surface area contributed by atoms with Crippen LogP contribution >= 0.6 is 0 Å². The Morgan fingerprint density at radius 2 is 1.88 bits per heavy atom. The molecular weight excluding hydrogens is 308 g/mol. The third-order valence-electron chi connectivity index (χ3n) is 3.68. The lowest BCUT2D eigenvalue weighted by Crippen LogP contribution is -2.28. The largest absolute Gasteiger partial charge is 0.454 e. The van der Waals surface area contributed by atoms with E-state index in [0.717, 1.165) is 5.56 Å². The Morgan fingerprint density at radius 1 is 1.08 bits per heavy atom. The minimum Gasteiger partial charge on any atom is -0.454 e. The fourth-order valence-electron chi connectivity index (χ4n) is 2.41. The molecule has 0 saturated heterocycles. The maximum atomic E-state index is 12.1. The van der Waals surface area contributed by atoms with Gasteiger partial charge in [0.25, 0.3) is 5.91 Å². The van der Waals surface area contributed by atoms with Crippen molar-refractivity contribution in [3.63, 3.8) is 0 Å². The van der Waals surface area contributed by atoms with Crippen LogP contribution in [-0.2, 0) is 4.79 Å². The molecule has 2 aromatic carbocycles. The normalized spacial score (nSPS) is 11.9. The van der Waals surface area contributed by atoms with Gasteiger partial charge in [0.05, 0.1) is 0 Å². The molecule has 0 atom stereocenters. The summed E-state index contributed by atoms with van der Waals surface area (Å²) in [6.07, 6.45) is 0.187. The molecule has 1 aliphatic rings. The van der Waals surface area contributed by atoms with Gasteiger partial charge in [-0.15, -0.1) is 0 Å². The van der Waals surface area contributed by atoms with E-state index in [2.05, 4.69) is 10.6 Å². The molecule has 1 heterocycles. The molecule has 0 aliphatic carbocycles. The quantitative estimate of drug-likeness (QED) is 0.885. The average Bonchev–Trinajstić information content (AvgIpc) is 3.02. The summed E-state index contributed by atoms with van der Waals surface area (Å²) in [5.74, 6) is 0.919. The van der Waals surface area contributed by atoms with Gasteiger partial charge < -0.3 is 20.1 Å². The number of carbonyl (C=O) groups is 2. The van der Waals surface area contributed by atoms with Gasteiger partial charge in [0.2, 0.25) is 12.7 Å². The second-order valence-electron chi connectivity index (χ2n) is 5.44. The van der Waals surface area contributed by atoms with E-state index in [9.17, 15) is 9.59 Å². The average molecular weight is 326 g/mol. The van der Waals surface area contributed by atoms with Crippen LogP contribution in [0.5, 0.6) is 11.5 Å². The molecular formula is C18H18N2O4. The predicted octanol–water partition coefficient (Wildman–Crippen LogP) is 2.48. The van der Waals surface area contributed by atoms with E-state index < -0.39 is 0 Å². The highest BCUT2D eigenvalue weighted by molar-refractivity contribution is 5.96. The second kappa shape index (κ2) is 7.04. The number of ether oxygens (including phenoxy) is 2. The molecule has 3 rings (SSSR count). The number of hydrogen-bond acceptors (Lipinski definition) is 4. The number of benzene rings is 2. The Balaban J connectivity index is 1.48. The first-order chi connectivity index (χ1) is 11.6. The van der Waals surface area contributed by atoms with Crippen LogP contribution in [-0.4, -0.2) is 25.2 Å². The number of anilines is 1. The predicted molar refractivity (Wildman–Crippen MR) is 89.3 cm³/mol. The lowest BCUT2D eigenvalue weighted by molar-refractivity contribution is -0.116. The highest BCUT2D eigenvalue weighted by atomic mass is 16.7. The first-order valence-corrected chi connectivity index (χ1v) is 7.67. The summed E-state index contributed by atoms with van der Waals surface area (Å²) >= 11 is 0. The molecule has 0 aromatic heterocycles. The van der Waals surface area contributed by atoms with Crippen molar-refractivity contribution >= 4 is 17.5 Å². The van der Waals surface area contributed by atoms with Gasteiger partial charge in [-0.3, -0.25) is 9.59 Å². The van der Waals surface area contributed by atoms with Gasteiger partial charge in [0.15, 0.2) is 11.5 Å². The number of fused-ring (bicyclic) bond motifs is 1. The van der Waals surface area contributed by atoms with E-state index in [1.54, 1.807) is 24.3 Å². The highest BCUT2D eigenvalue weighted by Crippen LogP contribution is 2.34. The van der Waals surface area contributed by atoms with Crippen molar-refractivity contribution in [3.05, 3.63) is 53.6 Å². The van der Waals surface area contributed by atoms with Crippen LogP contribution in [0.3, 0.4) is 0 Å². The number of aryl methyl sites for hydroxylation is 1. The molecule has 2 N–H and O–H groups in total. The van der Waals surface area contributed by atoms with Crippen LogP contribution in [0.2, 0.25) is 0 Å². The van der Waals surface area contributed by atoms with Gasteiger partial charge in [-0.25, -0.2) is 0 Å². The van der Waals surface area contributed by atoms with Crippen LogP contribution in [0.4, 0.5) is 5.69 Å². The number of hydrogen-bond donors (Lipinski definition) is 2. The highest BCUT2D eigenvalue weighted by Gasteiger charge is 2.14. The monoisotopic (exact) mass is 326 g/mol. The summed E-state index contributed by atoms with van der Waals surface area (Å²) in [7, 11) is 0. The summed E-state index contributed by atoms with van der Waals surface area (Å²) in [5.41, 5.74) is 2.16. The Labute approximate surface area is 139 Å². The summed E-state index contributed by atoms with van der Waals surface area (Å²) < 4.78 is 10.5. The van der Waals surface area contributed by atoms with Crippen molar-refractivity contribution < 1.29 is 19.1 Å². The number of carbonyl (C=O) groups excluding carboxylic acids is 2. The SMILES string of the molecule is Cc1ccccc1C(=O)NCCC(=O)Nc1ccc2c(c1)OCO2. The molecule has 0 fully saturated rings. The fourth-order valence-corrected chi connectivity index (χ4v) is 2.41. The zero-order chi connectivity index (χ0) is 16.9. The van der Waals surface area contributed by atoms with Crippen LogP contribution in [0.25, 0.3) is 0 Å². The fraction of sp³-hybridized carbons (Fsp3) is 0.222. The number of amides is 2. The minimum absolute atomic E-state index is 0.177. The number of rotatable bonds is 5. The van der Waals surface area contributed by atoms with E-state index in [1.165, 1.54) is 0 Å². The summed E-state index contributed by atoms with van der Waals surface area (Å²) in [5, 5.41) is 5.52. The molecule has 2 amide bonds. The topological polar surface area (TPSA) is 76.7 Å². The van der Waals surface area contributed by atoms with Gasteiger partial charge in [0.1, 0.15) is 0 Å². The molecule has 6 heteroatoms. The van der Waals surface area contributed by atoms with Crippen LogP contribution in [0.1, 0.15) is 22.3 Å². The molecule has 124 valence electrons. The first kappa shape index (κ1) is 15.9. The van der Waals surface area contributed by atoms with Gasteiger partial charge in [-0.1, -0.05) is 18.2 Å². The smallest absolute Gasteiger partial charge is 0.251 e. The van der Waals surface area contributed by atoms with E-state index in [0.29, 0.717) is 22.7 Å². The molecule has 0 spiro atoms. The van der Waals surface area contributed by atoms with Crippen molar-refractivity contribution in [2.45, 2.75) is 13.3 Å². The lowest BCUT2D eigenvalue weighted by atomic mass is 10.1. The Morgan fingerprint density at radius 3 is 2.71 bits per heavy atom. The number of nitrogens with one attached hydrogen (secondary N) is 2. The van der Waals surface area contributed by atoms with E-state index in [1.807, 2.05) is 25.1 Å². The summed E-state index contributed by atoms with van der Waals surface area (Å²) in [6, 6.07) is 12.5. The van der Waals surface area contributed by atoms with Gasteiger partial charge in [-0.2, -0.15) is 0 Å². The van der Waals surface area contributed by atoms with Crippen LogP contribution in [0.15, 0.2) is 42.5 Å². The maximum Gasteiger partial charge on any atom is 0.251 e. The summed E-state index contributed by atoms with van der Waals surface area (Å²) in [6.45, 7) is 2.34. The van der Waals surface area contributed by atoms with Gasteiger partial charge in [0, 0.05) is 30.3 Å². The maximum absolute atomic E-state index is 12.1. The zero-order valence-corrected chi connectivity index (χ0v) is 13.3. The van der Waals surface area contributed by atoms with E-state index in [-0.39, 0.29) is 31.6 Å². The second-order valence-corrected chi connectivity index (χ2v) is 5.44. The Bertz CT molecular complexity index is 773. The third kappa shape index (κ3) is 3.65. The minimum atomic E-state index is -0.182. The van der Waals surface area contributed by atoms with Crippen molar-refractivity contribution in [2.24, 2.45) is 0 Å². The molecule has 2 aromatic rings. The molecule has 24 heavy (non-hydrogen) atoms. The van der Waals surface area contributed by atoms with Crippen molar-refractivity contribution in [1.29, 1.82) is 0 Å². The van der Waals surface area contributed by atoms with Crippen molar-refractivity contribution in [2.75, 3.05) is 18.7 Å². The molecule has 0 saturated carbocycles. The Kier molecular flexibility index (Phi) is 4.65. The third-order valence-corrected chi connectivity index (χ3v) is 3.68. The van der Waals surface area contributed by atoms with Crippen molar-refractivity contribution in [1.82, 2.24) is 5.32 Å². The van der Waals surface area contributed by atoms with Gasteiger partial charge >= 0.3 is 0 Å². The Hall–Kier alpha value is -3.02. The molecule has 0 unspecified atom stereocenters. The van der Waals surface area contributed by atoms with Crippen LogP contribution in [0, 0.1) is 6.92 Å². The molecule has 0 bridgehead atoms. The summed E-state index contributed by atoms with van der Waals surface area (Å²) in [4.78, 5) is 24.0. The molecule has 0 radical (unpaired) electrons. The van der Waals surface area contributed by atoms with E-state index >= 15 is 0 Å². The standard InChI is InChI=1S/C18H18N2O4/c1-12-4-2-3-5-14(12)18(22)19-9-8-17(21)20-13-6-7-15-16(10-13)24-11-23-15/h2-7,10H,8-9,11H2,1H3,(H,19,22)(H,20,21). The van der Waals surface area contributed by atoms with Gasteiger partial charge in [-0.05, 0) is 30.7 Å². The lowest BCUT2D eigenvalue weighted by Gasteiger charge is -2.08. The molecule has 1 aliphatic heterocycles. The first-order valence-electron chi connectivity index (χ1n) is 7.67. The van der Waals surface area contributed by atoms with Crippen LogP contribution < -0.4 is 20.1 Å².